The van der Waals surface area contributed by atoms with Gasteiger partial charge in [-0.15, -0.1) is 0 Å². The molecule has 7 nitrogen and oxygen atoms in total. The van der Waals surface area contributed by atoms with Crippen molar-refractivity contribution in [3.05, 3.63) is 24.0 Å². The SMILES string of the molecule is COCCNC(=O)CCNS(=O)(=O)c1ccc(F)c(N)c1. The van der Waals surface area contributed by atoms with Gasteiger partial charge in [-0.1, -0.05) is 0 Å². The van der Waals surface area contributed by atoms with Crippen LogP contribution in [0.5, 0.6) is 0 Å². The number of sulfonamides is 1. The molecule has 0 saturated carbocycles. The van der Waals surface area contributed by atoms with Crippen LogP contribution in [0.15, 0.2) is 23.1 Å². The van der Waals surface area contributed by atoms with Gasteiger partial charge in [-0.3, -0.25) is 4.79 Å². The average Bonchev–Trinajstić information content (AvgIpc) is 2.42. The minimum atomic E-state index is -3.82. The Kier molecular flexibility index (Phi) is 6.53. The third-order valence-corrected chi connectivity index (χ3v) is 4.01. The molecule has 118 valence electrons. The largest absolute Gasteiger partial charge is 0.396 e. The van der Waals surface area contributed by atoms with E-state index in [1.165, 1.54) is 7.11 Å². The van der Waals surface area contributed by atoms with E-state index < -0.39 is 15.8 Å². The number of carbonyl (C=O) groups is 1. The molecular formula is C12H18FN3O4S. The molecule has 1 aromatic rings. The van der Waals surface area contributed by atoms with E-state index in [4.69, 9.17) is 10.5 Å². The quantitative estimate of drug-likeness (QED) is 0.455. The Balaban J connectivity index is 2.50. The number of amides is 1. The maximum absolute atomic E-state index is 13.0. The highest BCUT2D eigenvalue weighted by atomic mass is 32.2. The summed E-state index contributed by atoms with van der Waals surface area (Å²) in [7, 11) is -2.31. The second-order valence-corrected chi connectivity index (χ2v) is 5.94. The summed E-state index contributed by atoms with van der Waals surface area (Å²) in [5.41, 5.74) is 5.06. The molecule has 0 bridgehead atoms. The molecule has 1 aromatic carbocycles. The fraction of sp³-hybridized carbons (Fsp3) is 0.417. The first-order valence-corrected chi connectivity index (χ1v) is 7.65. The van der Waals surface area contributed by atoms with Crippen molar-refractivity contribution in [1.29, 1.82) is 0 Å². The van der Waals surface area contributed by atoms with E-state index in [1.54, 1.807) is 0 Å². The fourth-order valence-corrected chi connectivity index (χ4v) is 2.52. The van der Waals surface area contributed by atoms with E-state index in [1.807, 2.05) is 0 Å². The Morgan fingerprint density at radius 2 is 2.10 bits per heavy atom. The van der Waals surface area contributed by atoms with E-state index in [2.05, 4.69) is 10.0 Å². The summed E-state index contributed by atoms with van der Waals surface area (Å²) in [6.45, 7) is 0.668. The first-order chi connectivity index (χ1) is 9.86. The maximum atomic E-state index is 13.0. The number of benzene rings is 1. The molecule has 0 aromatic heterocycles. The van der Waals surface area contributed by atoms with Crippen molar-refractivity contribution in [3.63, 3.8) is 0 Å². The van der Waals surface area contributed by atoms with Crippen molar-refractivity contribution >= 4 is 21.6 Å². The van der Waals surface area contributed by atoms with Gasteiger partial charge >= 0.3 is 0 Å². The van der Waals surface area contributed by atoms with Crippen LogP contribution in [0.25, 0.3) is 0 Å². The van der Waals surface area contributed by atoms with Crippen LogP contribution in [-0.2, 0) is 19.6 Å². The number of hydrogen-bond donors (Lipinski definition) is 3. The number of methoxy groups -OCH3 is 1. The summed E-state index contributed by atoms with van der Waals surface area (Å²) < 4.78 is 43.8. The van der Waals surface area contributed by atoms with Crippen molar-refractivity contribution in [3.8, 4) is 0 Å². The number of nitrogens with two attached hydrogens (primary N) is 1. The molecule has 0 radical (unpaired) electrons. The van der Waals surface area contributed by atoms with Crippen molar-refractivity contribution in [2.24, 2.45) is 0 Å². The molecule has 0 atom stereocenters. The minimum Gasteiger partial charge on any atom is -0.396 e. The third-order valence-electron chi connectivity index (χ3n) is 2.55. The molecule has 0 unspecified atom stereocenters. The highest BCUT2D eigenvalue weighted by Crippen LogP contribution is 2.16. The van der Waals surface area contributed by atoms with Crippen LogP contribution < -0.4 is 15.8 Å². The summed E-state index contributed by atoms with van der Waals surface area (Å²) in [5, 5.41) is 2.56. The number of halogens is 1. The number of hydrogen-bond acceptors (Lipinski definition) is 5. The van der Waals surface area contributed by atoms with E-state index >= 15 is 0 Å². The zero-order chi connectivity index (χ0) is 15.9. The summed E-state index contributed by atoms with van der Waals surface area (Å²) in [4.78, 5) is 11.2. The van der Waals surface area contributed by atoms with Crippen molar-refractivity contribution in [2.45, 2.75) is 11.3 Å². The molecule has 1 amide bonds. The Hall–Kier alpha value is -1.71. The second-order valence-electron chi connectivity index (χ2n) is 4.17. The molecule has 9 heteroatoms. The van der Waals surface area contributed by atoms with Crippen LogP contribution in [0, 0.1) is 5.82 Å². The molecule has 0 aliphatic rings. The van der Waals surface area contributed by atoms with Crippen LogP contribution >= 0.6 is 0 Å². The predicted molar refractivity (Wildman–Crippen MR) is 75.5 cm³/mol. The lowest BCUT2D eigenvalue weighted by Gasteiger charge is -2.08. The van der Waals surface area contributed by atoms with Crippen molar-refractivity contribution in [2.75, 3.05) is 32.5 Å². The molecule has 0 aliphatic carbocycles. The van der Waals surface area contributed by atoms with E-state index in [0.29, 0.717) is 13.2 Å². The third kappa shape index (κ3) is 5.66. The van der Waals surface area contributed by atoms with Gasteiger partial charge in [0.25, 0.3) is 0 Å². The van der Waals surface area contributed by atoms with Gasteiger partial charge in [-0.25, -0.2) is 17.5 Å². The van der Waals surface area contributed by atoms with Gasteiger partial charge in [-0.2, -0.15) is 0 Å². The van der Waals surface area contributed by atoms with Crippen LogP contribution in [0.4, 0.5) is 10.1 Å². The lowest BCUT2D eigenvalue weighted by molar-refractivity contribution is -0.121. The Morgan fingerprint density at radius 1 is 1.38 bits per heavy atom. The van der Waals surface area contributed by atoms with Gasteiger partial charge < -0.3 is 15.8 Å². The molecule has 0 heterocycles. The van der Waals surface area contributed by atoms with Gasteiger partial charge in [-0.05, 0) is 18.2 Å². The van der Waals surface area contributed by atoms with Gasteiger partial charge in [0.15, 0.2) is 0 Å². The minimum absolute atomic E-state index is 0.0143. The molecule has 21 heavy (non-hydrogen) atoms. The van der Waals surface area contributed by atoms with E-state index in [9.17, 15) is 17.6 Å². The predicted octanol–water partition coefficient (Wildman–Crippen LogP) is -0.161. The monoisotopic (exact) mass is 319 g/mol. The molecule has 0 fully saturated rings. The number of nitrogens with one attached hydrogen (secondary N) is 2. The van der Waals surface area contributed by atoms with Crippen LogP contribution in [0.1, 0.15) is 6.42 Å². The highest BCUT2D eigenvalue weighted by Gasteiger charge is 2.15. The lowest BCUT2D eigenvalue weighted by Crippen LogP contribution is -2.32. The zero-order valence-corrected chi connectivity index (χ0v) is 12.4. The normalized spacial score (nSPS) is 11.3. The zero-order valence-electron chi connectivity index (χ0n) is 11.6. The molecular weight excluding hydrogens is 301 g/mol. The van der Waals surface area contributed by atoms with Gasteiger partial charge in [0.2, 0.25) is 15.9 Å². The van der Waals surface area contributed by atoms with Gasteiger partial charge in [0.05, 0.1) is 17.2 Å². The summed E-state index contributed by atoms with van der Waals surface area (Å²) in [6, 6.07) is 3.10. The average molecular weight is 319 g/mol. The van der Waals surface area contributed by atoms with Crippen LogP contribution in [0.2, 0.25) is 0 Å². The second kappa shape index (κ2) is 7.91. The highest BCUT2D eigenvalue weighted by molar-refractivity contribution is 7.89. The van der Waals surface area contributed by atoms with E-state index in [0.717, 1.165) is 18.2 Å². The topological polar surface area (TPSA) is 111 Å². The summed E-state index contributed by atoms with van der Waals surface area (Å²) >= 11 is 0. The fourth-order valence-electron chi connectivity index (χ4n) is 1.45. The molecule has 4 N–H and O–H groups in total. The first kappa shape index (κ1) is 17.3. The standard InChI is InChI=1S/C12H18FN3O4S/c1-20-7-6-15-12(17)4-5-16-21(18,19)9-2-3-10(13)11(14)8-9/h2-3,8,16H,4-7,14H2,1H3,(H,15,17). The molecule has 0 aliphatic heterocycles. The Morgan fingerprint density at radius 3 is 2.71 bits per heavy atom. The smallest absolute Gasteiger partial charge is 0.240 e. The summed E-state index contributed by atoms with van der Waals surface area (Å²) in [5.74, 6) is -0.986. The van der Waals surface area contributed by atoms with Gasteiger partial charge in [0.1, 0.15) is 5.82 Å². The Labute approximate surface area is 122 Å². The Bertz CT molecular complexity index is 592. The van der Waals surface area contributed by atoms with Crippen LogP contribution in [0.3, 0.4) is 0 Å². The number of nitrogen functional groups attached to an aromatic ring is 1. The van der Waals surface area contributed by atoms with Crippen molar-refractivity contribution < 1.29 is 22.3 Å². The van der Waals surface area contributed by atoms with E-state index in [-0.39, 0.29) is 29.5 Å². The molecule has 0 saturated heterocycles. The summed E-state index contributed by atoms with van der Waals surface area (Å²) in [6.07, 6.45) is -0.0143. The molecule has 1 rings (SSSR count). The maximum Gasteiger partial charge on any atom is 0.240 e. The number of ether oxygens (including phenoxy) is 1. The van der Waals surface area contributed by atoms with Crippen LogP contribution in [-0.4, -0.2) is 41.1 Å². The molecule has 0 spiro atoms. The number of carbonyl (C=O) groups excluding carboxylic acids is 1. The first-order valence-electron chi connectivity index (χ1n) is 6.17. The van der Waals surface area contributed by atoms with Crippen molar-refractivity contribution in [1.82, 2.24) is 10.0 Å². The van der Waals surface area contributed by atoms with Gasteiger partial charge in [0, 0.05) is 26.6 Å². The number of rotatable bonds is 8. The number of anilines is 1. The lowest BCUT2D eigenvalue weighted by atomic mass is 10.3.